The van der Waals surface area contributed by atoms with Crippen molar-refractivity contribution in [3.8, 4) is 0 Å². The molecule has 0 radical (unpaired) electrons. The Hall–Kier alpha value is -2.92. The molecular formula is C24H27NO4. The molecule has 1 aliphatic heterocycles. The van der Waals surface area contributed by atoms with Crippen molar-refractivity contribution in [2.75, 3.05) is 13.1 Å². The number of benzene rings is 2. The Bertz CT molecular complexity index is 851. The lowest BCUT2D eigenvalue weighted by molar-refractivity contribution is -0.134. The van der Waals surface area contributed by atoms with E-state index in [9.17, 15) is 9.59 Å². The van der Waals surface area contributed by atoms with Crippen LogP contribution in [0.3, 0.4) is 0 Å². The topological polar surface area (TPSA) is 77.8 Å². The van der Waals surface area contributed by atoms with Gasteiger partial charge < -0.3 is 10.2 Å². The first-order valence-electron chi connectivity index (χ1n) is 9.97. The van der Waals surface area contributed by atoms with Crippen LogP contribution in [0.4, 0.5) is 0 Å². The molecule has 0 saturated carbocycles. The van der Waals surface area contributed by atoms with Crippen molar-refractivity contribution in [1.82, 2.24) is 4.90 Å². The van der Waals surface area contributed by atoms with E-state index in [0.29, 0.717) is 17.6 Å². The van der Waals surface area contributed by atoms with Gasteiger partial charge in [-0.25, -0.2) is 9.59 Å². The number of carbonyl (C=O) groups is 2. The first-order valence-corrected chi connectivity index (χ1v) is 9.97. The summed E-state index contributed by atoms with van der Waals surface area (Å²) in [7, 11) is 0. The highest BCUT2D eigenvalue weighted by Crippen LogP contribution is 2.46. The van der Waals surface area contributed by atoms with Crippen LogP contribution in [0, 0.1) is 0 Å². The van der Waals surface area contributed by atoms with Gasteiger partial charge in [-0.15, -0.1) is 0 Å². The zero-order valence-electron chi connectivity index (χ0n) is 16.5. The first kappa shape index (κ1) is 20.8. The van der Waals surface area contributed by atoms with E-state index in [2.05, 4.69) is 59.5 Å². The van der Waals surface area contributed by atoms with Gasteiger partial charge in [0.1, 0.15) is 0 Å². The molecule has 1 saturated heterocycles. The predicted molar refractivity (Wildman–Crippen MR) is 112 cm³/mol. The van der Waals surface area contributed by atoms with Crippen LogP contribution in [0.15, 0.2) is 66.7 Å². The largest absolute Gasteiger partial charge is 0.478 e. The molecule has 0 atom stereocenters. The predicted octanol–water partition coefficient (Wildman–Crippen LogP) is 3.88. The Balaban J connectivity index is 0.000000258. The number of carboxylic acids is 2. The Morgan fingerprint density at radius 2 is 1.45 bits per heavy atom. The second kappa shape index (κ2) is 9.52. The normalized spacial score (nSPS) is 17.5. The first-order chi connectivity index (χ1) is 14.0. The van der Waals surface area contributed by atoms with Gasteiger partial charge in [-0.05, 0) is 60.9 Å². The van der Waals surface area contributed by atoms with E-state index in [-0.39, 0.29) is 0 Å². The number of aliphatic carboxylic acids is 2. The second-order valence-electron chi connectivity index (χ2n) is 7.71. The molecule has 2 aliphatic rings. The molecule has 4 rings (SSSR count). The lowest BCUT2D eigenvalue weighted by Crippen LogP contribution is -2.41. The molecule has 2 aromatic rings. The number of carboxylic acid groups (broad SMARTS) is 2. The number of rotatable bonds is 4. The summed E-state index contributed by atoms with van der Waals surface area (Å²) in [4.78, 5) is 21.7. The molecule has 1 heterocycles. The molecular weight excluding hydrogens is 366 g/mol. The number of hydrogen-bond donors (Lipinski definition) is 2. The fourth-order valence-electron chi connectivity index (χ4n) is 4.41. The molecule has 1 aliphatic carbocycles. The highest BCUT2D eigenvalue weighted by molar-refractivity contribution is 5.89. The van der Waals surface area contributed by atoms with E-state index in [0.717, 1.165) is 6.54 Å². The Morgan fingerprint density at radius 1 is 0.862 bits per heavy atom. The maximum Gasteiger partial charge on any atom is 0.328 e. The third-order valence-corrected chi connectivity index (χ3v) is 5.89. The molecule has 2 N–H and O–H groups in total. The third-order valence-electron chi connectivity index (χ3n) is 5.89. The minimum Gasteiger partial charge on any atom is -0.478 e. The van der Waals surface area contributed by atoms with Crippen molar-refractivity contribution in [3.63, 3.8) is 0 Å². The van der Waals surface area contributed by atoms with E-state index in [1.807, 2.05) is 0 Å². The van der Waals surface area contributed by atoms with E-state index in [1.54, 1.807) is 11.1 Å². The van der Waals surface area contributed by atoms with Gasteiger partial charge >= 0.3 is 11.9 Å². The van der Waals surface area contributed by atoms with Crippen LogP contribution in [0.5, 0.6) is 0 Å². The van der Waals surface area contributed by atoms with Gasteiger partial charge in [-0.2, -0.15) is 0 Å². The van der Waals surface area contributed by atoms with Crippen LogP contribution in [-0.4, -0.2) is 40.1 Å². The number of aryl methyl sites for hydroxylation is 1. The number of nitrogens with zero attached hydrogens (tertiary/aromatic N) is 1. The average molecular weight is 393 g/mol. The molecule has 5 heteroatoms. The summed E-state index contributed by atoms with van der Waals surface area (Å²) in [6.45, 7) is 3.59. The van der Waals surface area contributed by atoms with Crippen molar-refractivity contribution in [2.45, 2.75) is 37.6 Å². The van der Waals surface area contributed by atoms with Gasteiger partial charge in [0.15, 0.2) is 0 Å². The van der Waals surface area contributed by atoms with E-state index < -0.39 is 11.9 Å². The SMILES string of the molecule is O=C(O)/C=C\C(=O)O.c1ccc(CN2CCC3(CCc4ccccc43)CC2)cc1. The van der Waals surface area contributed by atoms with E-state index in [4.69, 9.17) is 10.2 Å². The summed E-state index contributed by atoms with van der Waals surface area (Å²) in [6, 6.07) is 20.0. The van der Waals surface area contributed by atoms with Crippen molar-refractivity contribution < 1.29 is 19.8 Å². The molecule has 0 unspecified atom stereocenters. The lowest BCUT2D eigenvalue weighted by atomic mass is 9.74. The number of hydrogen-bond acceptors (Lipinski definition) is 3. The van der Waals surface area contributed by atoms with Crippen LogP contribution >= 0.6 is 0 Å². The van der Waals surface area contributed by atoms with Crippen LogP contribution < -0.4 is 0 Å². The van der Waals surface area contributed by atoms with Crippen LogP contribution in [0.2, 0.25) is 0 Å². The highest BCUT2D eigenvalue weighted by atomic mass is 16.4. The van der Waals surface area contributed by atoms with Gasteiger partial charge in [0.05, 0.1) is 0 Å². The van der Waals surface area contributed by atoms with Crippen molar-refractivity contribution >= 4 is 11.9 Å². The molecule has 0 bridgehead atoms. The van der Waals surface area contributed by atoms with Crippen LogP contribution in [0.25, 0.3) is 0 Å². The average Bonchev–Trinajstić information content (AvgIpc) is 3.08. The van der Waals surface area contributed by atoms with Crippen molar-refractivity contribution in [3.05, 3.63) is 83.4 Å². The Morgan fingerprint density at radius 3 is 2.07 bits per heavy atom. The summed E-state index contributed by atoms with van der Waals surface area (Å²) in [6.07, 6.45) is 6.43. The lowest BCUT2D eigenvalue weighted by Gasteiger charge is -2.40. The minimum atomic E-state index is -1.26. The van der Waals surface area contributed by atoms with Crippen LogP contribution in [-0.2, 0) is 28.0 Å². The van der Waals surface area contributed by atoms with E-state index in [1.165, 1.54) is 44.3 Å². The summed E-state index contributed by atoms with van der Waals surface area (Å²) in [5.74, 6) is -2.51. The Kier molecular flexibility index (Phi) is 6.83. The molecule has 0 aromatic heterocycles. The maximum absolute atomic E-state index is 9.55. The van der Waals surface area contributed by atoms with Gasteiger partial charge in [0.2, 0.25) is 0 Å². The molecule has 152 valence electrons. The third kappa shape index (κ3) is 5.55. The monoisotopic (exact) mass is 393 g/mol. The molecule has 1 fully saturated rings. The zero-order chi connectivity index (χ0) is 20.7. The van der Waals surface area contributed by atoms with Crippen molar-refractivity contribution in [1.29, 1.82) is 0 Å². The quantitative estimate of drug-likeness (QED) is 0.771. The van der Waals surface area contributed by atoms with Gasteiger partial charge in [-0.3, -0.25) is 4.90 Å². The summed E-state index contributed by atoms with van der Waals surface area (Å²) >= 11 is 0. The summed E-state index contributed by atoms with van der Waals surface area (Å²) in [5.41, 5.74) is 5.20. The highest BCUT2D eigenvalue weighted by Gasteiger charge is 2.40. The van der Waals surface area contributed by atoms with E-state index >= 15 is 0 Å². The molecule has 0 amide bonds. The fourth-order valence-corrected chi connectivity index (χ4v) is 4.41. The fraction of sp³-hybridized carbons (Fsp3) is 0.333. The number of piperidine rings is 1. The minimum absolute atomic E-state index is 0.490. The van der Waals surface area contributed by atoms with Gasteiger partial charge in [0, 0.05) is 18.7 Å². The zero-order valence-corrected chi connectivity index (χ0v) is 16.5. The van der Waals surface area contributed by atoms with Gasteiger partial charge in [0.25, 0.3) is 0 Å². The van der Waals surface area contributed by atoms with Gasteiger partial charge in [-0.1, -0.05) is 54.6 Å². The summed E-state index contributed by atoms with van der Waals surface area (Å²) in [5, 5.41) is 15.6. The second-order valence-corrected chi connectivity index (χ2v) is 7.71. The molecule has 2 aromatic carbocycles. The molecule has 1 spiro atoms. The summed E-state index contributed by atoms with van der Waals surface area (Å²) < 4.78 is 0. The maximum atomic E-state index is 9.55. The van der Waals surface area contributed by atoms with Crippen LogP contribution in [0.1, 0.15) is 36.0 Å². The standard InChI is InChI=1S/C20H23N.C4H4O4/c1-2-6-17(7-3-1)16-21-14-12-20(13-15-21)11-10-18-8-4-5-9-19(18)20;5-3(6)1-2-4(7)8/h1-9H,10-16H2;1-2H,(H,5,6)(H,7,8)/b;2-1-. The van der Waals surface area contributed by atoms with Crippen molar-refractivity contribution in [2.24, 2.45) is 0 Å². The number of likely N-dealkylation sites (tertiary alicyclic amines) is 1. The smallest absolute Gasteiger partial charge is 0.328 e. The number of fused-ring (bicyclic) bond motifs is 2. The Labute approximate surface area is 171 Å². The molecule has 5 nitrogen and oxygen atoms in total. The molecule has 29 heavy (non-hydrogen) atoms.